The van der Waals surface area contributed by atoms with E-state index < -0.39 is 0 Å². The first-order chi connectivity index (χ1) is 13.4. The molecule has 0 fully saturated rings. The van der Waals surface area contributed by atoms with Crippen LogP contribution >= 0.6 is 23.2 Å². The van der Waals surface area contributed by atoms with Crippen LogP contribution < -0.4 is 14.8 Å². The molecule has 146 valence electrons. The molecule has 1 heterocycles. The molecule has 28 heavy (non-hydrogen) atoms. The smallest absolute Gasteiger partial charge is 0.257 e. The summed E-state index contributed by atoms with van der Waals surface area (Å²) in [5.41, 5.74) is 2.17. The summed E-state index contributed by atoms with van der Waals surface area (Å²) in [4.78, 5) is 12.6. The number of carbonyl (C=O) groups is 1. The van der Waals surface area contributed by atoms with Gasteiger partial charge in [0, 0.05) is 33.4 Å². The normalized spacial score (nSPS) is 10.6. The van der Waals surface area contributed by atoms with Gasteiger partial charge in [-0.1, -0.05) is 29.3 Å². The van der Waals surface area contributed by atoms with Crippen molar-refractivity contribution >= 4 is 34.9 Å². The zero-order valence-corrected chi connectivity index (χ0v) is 17.1. The predicted octanol–water partition coefficient (Wildman–Crippen LogP) is 4.82. The van der Waals surface area contributed by atoms with Gasteiger partial charge in [-0.15, -0.1) is 0 Å². The molecule has 0 radical (unpaired) electrons. The number of rotatable bonds is 6. The van der Waals surface area contributed by atoms with Gasteiger partial charge in [0.25, 0.3) is 5.91 Å². The van der Waals surface area contributed by atoms with E-state index in [1.54, 1.807) is 41.1 Å². The van der Waals surface area contributed by atoms with E-state index in [1.165, 1.54) is 14.2 Å². The molecule has 1 aromatic heterocycles. The van der Waals surface area contributed by atoms with Gasteiger partial charge < -0.3 is 14.8 Å². The lowest BCUT2D eigenvalue weighted by Crippen LogP contribution is -2.13. The largest absolute Gasteiger partial charge is 0.497 e. The highest BCUT2D eigenvalue weighted by atomic mass is 35.5. The quantitative estimate of drug-likeness (QED) is 0.621. The third-order valence-electron chi connectivity index (χ3n) is 4.17. The van der Waals surface area contributed by atoms with E-state index in [0.717, 1.165) is 11.3 Å². The highest BCUT2D eigenvalue weighted by molar-refractivity contribution is 6.35. The van der Waals surface area contributed by atoms with Crippen molar-refractivity contribution in [2.75, 3.05) is 19.5 Å². The number of ether oxygens (including phenoxy) is 2. The maximum Gasteiger partial charge on any atom is 0.257 e. The molecule has 1 amide bonds. The van der Waals surface area contributed by atoms with E-state index in [0.29, 0.717) is 39.5 Å². The van der Waals surface area contributed by atoms with E-state index in [-0.39, 0.29) is 5.91 Å². The number of nitrogens with one attached hydrogen (secondary N) is 1. The fraction of sp³-hybridized carbons (Fsp3) is 0.200. The van der Waals surface area contributed by atoms with Crippen molar-refractivity contribution in [2.24, 2.45) is 0 Å². The number of benzene rings is 2. The fourth-order valence-electron chi connectivity index (χ4n) is 2.67. The predicted molar refractivity (Wildman–Crippen MR) is 110 cm³/mol. The Hall–Kier alpha value is -2.70. The van der Waals surface area contributed by atoms with Crippen LogP contribution in [0.25, 0.3) is 0 Å². The summed E-state index contributed by atoms with van der Waals surface area (Å²) < 4.78 is 12.2. The summed E-state index contributed by atoms with van der Waals surface area (Å²) in [6.07, 6.45) is 0. The average Bonchev–Trinajstić information content (AvgIpc) is 3.02. The number of aromatic nitrogens is 2. The van der Waals surface area contributed by atoms with Crippen LogP contribution in [0.4, 0.5) is 5.82 Å². The molecule has 0 aliphatic rings. The highest BCUT2D eigenvalue weighted by Gasteiger charge is 2.13. The Morgan fingerprint density at radius 2 is 1.75 bits per heavy atom. The maximum atomic E-state index is 12.6. The van der Waals surface area contributed by atoms with E-state index in [9.17, 15) is 4.79 Å². The number of hydrogen-bond acceptors (Lipinski definition) is 4. The van der Waals surface area contributed by atoms with E-state index in [4.69, 9.17) is 32.7 Å². The van der Waals surface area contributed by atoms with Gasteiger partial charge in [-0.2, -0.15) is 5.10 Å². The Morgan fingerprint density at radius 3 is 2.36 bits per heavy atom. The van der Waals surface area contributed by atoms with Crippen molar-refractivity contribution < 1.29 is 14.3 Å². The minimum atomic E-state index is -0.314. The first kappa shape index (κ1) is 20.0. The lowest BCUT2D eigenvalue weighted by Gasteiger charge is -2.08. The Kier molecular flexibility index (Phi) is 6.11. The number of amides is 1. The van der Waals surface area contributed by atoms with Crippen molar-refractivity contribution in [2.45, 2.75) is 13.5 Å². The van der Waals surface area contributed by atoms with Crippen molar-refractivity contribution in [1.82, 2.24) is 9.78 Å². The zero-order valence-electron chi connectivity index (χ0n) is 15.6. The summed E-state index contributed by atoms with van der Waals surface area (Å²) in [6.45, 7) is 2.37. The number of anilines is 1. The van der Waals surface area contributed by atoms with Crippen LogP contribution in [0.3, 0.4) is 0 Å². The first-order valence-corrected chi connectivity index (χ1v) is 9.18. The number of methoxy groups -OCH3 is 2. The zero-order chi connectivity index (χ0) is 20.3. The Balaban J connectivity index is 1.79. The Morgan fingerprint density at radius 1 is 1.07 bits per heavy atom. The van der Waals surface area contributed by atoms with Gasteiger partial charge in [-0.05, 0) is 36.8 Å². The second kappa shape index (κ2) is 8.54. The molecule has 6 nitrogen and oxygen atoms in total. The van der Waals surface area contributed by atoms with Crippen molar-refractivity contribution in [3.8, 4) is 11.5 Å². The first-order valence-electron chi connectivity index (χ1n) is 8.42. The van der Waals surface area contributed by atoms with E-state index in [1.807, 2.05) is 13.0 Å². The van der Waals surface area contributed by atoms with Gasteiger partial charge in [-0.3, -0.25) is 9.48 Å². The molecule has 3 aromatic rings. The third-order valence-corrected chi connectivity index (χ3v) is 4.76. The molecule has 8 heteroatoms. The molecule has 0 bridgehead atoms. The second-order valence-corrected chi connectivity index (χ2v) is 6.96. The van der Waals surface area contributed by atoms with E-state index in [2.05, 4.69) is 10.4 Å². The fourth-order valence-corrected chi connectivity index (χ4v) is 3.14. The summed E-state index contributed by atoms with van der Waals surface area (Å²) in [6, 6.07) is 12.1. The highest BCUT2D eigenvalue weighted by Crippen LogP contribution is 2.24. The molecule has 1 N–H and O–H groups in total. The molecule has 0 aliphatic carbocycles. The molecule has 0 saturated carbocycles. The van der Waals surface area contributed by atoms with Crippen molar-refractivity contribution in [1.29, 1.82) is 0 Å². The minimum absolute atomic E-state index is 0.314. The van der Waals surface area contributed by atoms with Gasteiger partial charge in [0.05, 0.1) is 20.8 Å². The van der Waals surface area contributed by atoms with Crippen LogP contribution in [0.5, 0.6) is 11.5 Å². The SMILES string of the molecule is COc1cc(OC)cc(C(=O)Nc2cc(C)n(Cc3ccc(Cl)cc3Cl)n2)c1. The van der Waals surface area contributed by atoms with Crippen LogP contribution in [0.15, 0.2) is 42.5 Å². The molecule has 0 unspecified atom stereocenters. The Bertz CT molecular complexity index is 996. The number of aryl methyl sites for hydroxylation is 1. The summed E-state index contributed by atoms with van der Waals surface area (Å²) in [5, 5.41) is 8.39. The van der Waals surface area contributed by atoms with Crippen LogP contribution in [0.1, 0.15) is 21.6 Å². The number of halogens is 2. The van der Waals surface area contributed by atoms with Gasteiger partial charge in [0.15, 0.2) is 5.82 Å². The Labute approximate surface area is 173 Å². The molecule has 0 spiro atoms. The topological polar surface area (TPSA) is 65.4 Å². The van der Waals surface area contributed by atoms with Crippen LogP contribution in [-0.2, 0) is 6.54 Å². The van der Waals surface area contributed by atoms with Crippen LogP contribution in [-0.4, -0.2) is 29.9 Å². The van der Waals surface area contributed by atoms with Gasteiger partial charge >= 0.3 is 0 Å². The van der Waals surface area contributed by atoms with Crippen molar-refractivity contribution in [3.05, 3.63) is 69.3 Å². The van der Waals surface area contributed by atoms with Gasteiger partial charge in [-0.25, -0.2) is 0 Å². The lowest BCUT2D eigenvalue weighted by atomic mass is 10.2. The third kappa shape index (κ3) is 4.58. The molecular formula is C20H19Cl2N3O3. The second-order valence-electron chi connectivity index (χ2n) is 6.12. The minimum Gasteiger partial charge on any atom is -0.497 e. The number of carbonyl (C=O) groups excluding carboxylic acids is 1. The summed E-state index contributed by atoms with van der Waals surface area (Å²) in [5.74, 6) is 1.19. The molecule has 2 aromatic carbocycles. The number of hydrogen-bond donors (Lipinski definition) is 1. The van der Waals surface area contributed by atoms with Crippen molar-refractivity contribution in [3.63, 3.8) is 0 Å². The summed E-state index contributed by atoms with van der Waals surface area (Å²) in [7, 11) is 3.06. The van der Waals surface area contributed by atoms with E-state index >= 15 is 0 Å². The monoisotopic (exact) mass is 419 g/mol. The lowest BCUT2D eigenvalue weighted by molar-refractivity contribution is 0.102. The molecule has 0 saturated heterocycles. The van der Waals surface area contributed by atoms with Crippen LogP contribution in [0.2, 0.25) is 10.0 Å². The number of nitrogens with zero attached hydrogens (tertiary/aromatic N) is 2. The molecule has 0 atom stereocenters. The van der Waals surface area contributed by atoms with Gasteiger partial charge in [0.2, 0.25) is 0 Å². The van der Waals surface area contributed by atoms with Crippen LogP contribution in [0, 0.1) is 6.92 Å². The molecular weight excluding hydrogens is 401 g/mol. The molecule has 0 aliphatic heterocycles. The molecule has 3 rings (SSSR count). The standard InChI is InChI=1S/C20H19Cl2N3O3/c1-12-6-19(24-25(12)11-13-4-5-15(21)9-18(13)22)23-20(26)14-7-16(27-2)10-17(8-14)28-3/h4-10H,11H2,1-3H3,(H,23,24,26). The average molecular weight is 420 g/mol. The maximum absolute atomic E-state index is 12.6. The van der Waals surface area contributed by atoms with Gasteiger partial charge in [0.1, 0.15) is 11.5 Å². The summed E-state index contributed by atoms with van der Waals surface area (Å²) >= 11 is 12.2.